The van der Waals surface area contributed by atoms with E-state index in [0.717, 1.165) is 4.90 Å². The van der Waals surface area contributed by atoms with E-state index in [0.29, 0.717) is 28.5 Å². The normalized spacial score (nSPS) is 26.4. The number of carbonyl (C=O) groups is 2. The van der Waals surface area contributed by atoms with Crippen molar-refractivity contribution < 1.29 is 70.6 Å². The maximum Gasteiger partial charge on any atom is 1.00 e. The van der Waals surface area contributed by atoms with E-state index in [2.05, 4.69) is 4.28 Å². The Kier molecular flexibility index (Phi) is 6.62. The number of benzene rings is 1. The largest absolute Gasteiger partial charge is 1.00 e. The zero-order valence-corrected chi connectivity index (χ0v) is 20.0. The molecule has 164 valence electrons. The number of hydrogen-bond acceptors (Lipinski definition) is 9. The number of rotatable bonds is 6. The summed E-state index contributed by atoms with van der Waals surface area (Å²) in [5.41, 5.74) is 6.27. The molecule has 31 heavy (non-hydrogen) atoms. The summed E-state index contributed by atoms with van der Waals surface area (Å²) in [6.45, 7) is 4.05. The smallest absolute Gasteiger partial charge is 0.724 e. The van der Waals surface area contributed by atoms with Gasteiger partial charge in [0.05, 0.1) is 13.2 Å². The Morgan fingerprint density at radius 2 is 2.06 bits per heavy atom. The topological polar surface area (TPSA) is 161 Å². The molecule has 3 aliphatic heterocycles. The fourth-order valence-electron chi connectivity index (χ4n) is 3.91. The fraction of sp³-hybridized carbons (Fsp3) is 0.529. The zero-order chi connectivity index (χ0) is 21.8. The van der Waals surface area contributed by atoms with Gasteiger partial charge in [0.15, 0.2) is 5.79 Å². The molecular weight excluding hydrogens is 445 g/mol. The molecular formula is C17H20N3NaO9S. The van der Waals surface area contributed by atoms with Crippen molar-refractivity contribution in [1.82, 2.24) is 9.96 Å². The fourth-order valence-corrected chi connectivity index (χ4v) is 4.27. The quantitative estimate of drug-likeness (QED) is 0.261. The molecule has 3 atom stereocenters. The van der Waals surface area contributed by atoms with Gasteiger partial charge >= 0.3 is 35.6 Å². The number of nitrogens with zero attached hydrogens (tertiary/aromatic N) is 2. The molecule has 0 spiro atoms. The standard InChI is InChI=1S/C17H21N3O9S.Na/c1-17(2)27-8-10(28-17)7-26-9-3-4-11-12(5-9)13-6-19(14(11)15(18)21)16(22)20(13)29-30(23,24)25;/h3-5,10,13-14H,6-8H2,1-2H3,(H2,18,21)(H,23,24,25);/q;+1/p-1. The Hall–Kier alpha value is -1.45. The number of nitrogens with two attached hydrogens (primary N) is 1. The second-order valence-corrected chi connectivity index (χ2v) is 8.58. The van der Waals surface area contributed by atoms with Gasteiger partial charge in [0, 0.05) is 0 Å². The van der Waals surface area contributed by atoms with E-state index in [4.69, 9.17) is 19.9 Å². The number of hydroxylamine groups is 2. The molecule has 0 aliphatic carbocycles. The van der Waals surface area contributed by atoms with Crippen LogP contribution in [0.3, 0.4) is 0 Å². The molecule has 3 unspecified atom stereocenters. The Labute approximate surface area is 200 Å². The van der Waals surface area contributed by atoms with Crippen LogP contribution in [0.25, 0.3) is 0 Å². The van der Waals surface area contributed by atoms with Gasteiger partial charge in [-0.25, -0.2) is 13.2 Å². The monoisotopic (exact) mass is 465 g/mol. The molecule has 3 heterocycles. The van der Waals surface area contributed by atoms with Crippen LogP contribution < -0.4 is 40.0 Å². The first-order valence-electron chi connectivity index (χ1n) is 9.08. The van der Waals surface area contributed by atoms with E-state index in [1.165, 1.54) is 0 Å². The van der Waals surface area contributed by atoms with Crippen molar-refractivity contribution in [1.29, 1.82) is 0 Å². The van der Waals surface area contributed by atoms with Crippen molar-refractivity contribution in [2.24, 2.45) is 5.73 Å². The molecule has 1 aromatic carbocycles. The van der Waals surface area contributed by atoms with Crippen molar-refractivity contribution in [3.05, 3.63) is 29.3 Å². The average Bonchev–Trinajstić information content (AvgIpc) is 3.11. The molecule has 14 heteroatoms. The summed E-state index contributed by atoms with van der Waals surface area (Å²) in [6, 6.07) is 1.72. The summed E-state index contributed by atoms with van der Waals surface area (Å²) in [5, 5.41) is 0.449. The first-order valence-corrected chi connectivity index (χ1v) is 10.4. The maximum atomic E-state index is 12.5. The van der Waals surface area contributed by atoms with E-state index >= 15 is 0 Å². The van der Waals surface area contributed by atoms with E-state index in [1.54, 1.807) is 32.0 Å². The van der Waals surface area contributed by atoms with Gasteiger partial charge in [0.25, 0.3) is 0 Å². The van der Waals surface area contributed by atoms with Crippen LogP contribution in [0.1, 0.15) is 37.1 Å². The molecule has 0 aromatic heterocycles. The van der Waals surface area contributed by atoms with Gasteiger partial charge < -0.3 is 29.4 Å². The minimum atomic E-state index is -5.21. The Balaban J connectivity index is 0.00000272. The third-order valence-electron chi connectivity index (χ3n) is 5.05. The van der Waals surface area contributed by atoms with Crippen molar-refractivity contribution in [3.8, 4) is 5.75 Å². The predicted molar refractivity (Wildman–Crippen MR) is 96.2 cm³/mol. The molecule has 4 rings (SSSR count). The Bertz CT molecular complexity index is 1000. The van der Waals surface area contributed by atoms with Gasteiger partial charge in [-0.05, 0) is 37.1 Å². The number of hydrogen-bond donors (Lipinski definition) is 1. The van der Waals surface area contributed by atoms with Crippen molar-refractivity contribution in [2.75, 3.05) is 19.8 Å². The first-order chi connectivity index (χ1) is 14.0. The molecule has 3 amide bonds. The minimum absolute atomic E-state index is 0. The van der Waals surface area contributed by atoms with Gasteiger partial charge in [-0.2, -0.15) is 9.35 Å². The summed E-state index contributed by atoms with van der Waals surface area (Å²) >= 11 is 0. The van der Waals surface area contributed by atoms with Gasteiger partial charge in [-0.15, -0.1) is 0 Å². The summed E-state index contributed by atoms with van der Waals surface area (Å²) in [5.74, 6) is -1.11. The van der Waals surface area contributed by atoms with Crippen molar-refractivity contribution in [3.63, 3.8) is 0 Å². The van der Waals surface area contributed by atoms with Crippen LogP contribution in [0, 0.1) is 0 Å². The van der Waals surface area contributed by atoms with Crippen LogP contribution in [0.2, 0.25) is 0 Å². The summed E-state index contributed by atoms with van der Waals surface area (Å²) in [7, 11) is -5.21. The van der Waals surface area contributed by atoms with E-state index < -0.39 is 40.2 Å². The number of fused-ring (bicyclic) bond motifs is 4. The van der Waals surface area contributed by atoms with Crippen molar-refractivity contribution >= 4 is 22.3 Å². The minimum Gasteiger partial charge on any atom is -0.724 e. The van der Waals surface area contributed by atoms with E-state index in [1.807, 2.05) is 0 Å². The molecule has 2 N–H and O–H groups in total. The molecule has 0 radical (unpaired) electrons. The average molecular weight is 465 g/mol. The molecule has 2 bridgehead atoms. The molecule has 0 saturated carbocycles. The van der Waals surface area contributed by atoms with Crippen LogP contribution in [-0.2, 0) is 29.0 Å². The predicted octanol–water partition coefficient (Wildman–Crippen LogP) is -3.07. The number of ether oxygens (including phenoxy) is 3. The second-order valence-electron chi connectivity index (χ2n) is 7.62. The van der Waals surface area contributed by atoms with Crippen LogP contribution in [-0.4, -0.2) is 66.5 Å². The van der Waals surface area contributed by atoms with Gasteiger partial charge in [-0.1, -0.05) is 6.07 Å². The number of carbonyl (C=O) groups excluding carboxylic acids is 2. The van der Waals surface area contributed by atoms with Crippen LogP contribution >= 0.6 is 0 Å². The number of primary amides is 1. The zero-order valence-electron chi connectivity index (χ0n) is 17.1. The van der Waals surface area contributed by atoms with E-state index in [-0.39, 0.29) is 48.8 Å². The van der Waals surface area contributed by atoms with Gasteiger partial charge in [0.1, 0.15) is 30.5 Å². The molecule has 2 fully saturated rings. The Morgan fingerprint density at radius 3 is 2.65 bits per heavy atom. The molecule has 3 aliphatic rings. The second kappa shape index (κ2) is 8.48. The van der Waals surface area contributed by atoms with Crippen LogP contribution in [0.4, 0.5) is 4.79 Å². The van der Waals surface area contributed by atoms with Gasteiger partial charge in [0.2, 0.25) is 16.3 Å². The number of urea groups is 1. The molecule has 12 nitrogen and oxygen atoms in total. The molecule has 2 saturated heterocycles. The number of amides is 3. The van der Waals surface area contributed by atoms with Gasteiger partial charge in [-0.3, -0.25) is 4.79 Å². The Morgan fingerprint density at radius 1 is 1.35 bits per heavy atom. The maximum absolute atomic E-state index is 12.5. The van der Waals surface area contributed by atoms with Crippen LogP contribution in [0.5, 0.6) is 5.75 Å². The van der Waals surface area contributed by atoms with E-state index in [9.17, 15) is 22.6 Å². The SMILES string of the molecule is CC1(C)OCC(COc2ccc3c(c2)C2CN(C(=O)N2OS(=O)(=O)[O-])C3C(N)=O)O1.[Na+]. The summed E-state index contributed by atoms with van der Waals surface area (Å²) < 4.78 is 54.5. The molecule has 1 aromatic rings. The summed E-state index contributed by atoms with van der Waals surface area (Å²) in [6.07, 6.45) is -0.289. The van der Waals surface area contributed by atoms with Crippen LogP contribution in [0.15, 0.2) is 18.2 Å². The van der Waals surface area contributed by atoms with Crippen molar-refractivity contribution in [2.45, 2.75) is 37.8 Å². The first kappa shape index (κ1) is 24.2. The summed E-state index contributed by atoms with van der Waals surface area (Å²) in [4.78, 5) is 25.6. The third-order valence-corrected chi connectivity index (χ3v) is 5.40. The third kappa shape index (κ3) is 4.83.